The van der Waals surface area contributed by atoms with Crippen molar-refractivity contribution in [1.29, 1.82) is 0 Å². The zero-order valence-corrected chi connectivity index (χ0v) is 13.9. The van der Waals surface area contributed by atoms with Crippen molar-refractivity contribution in [3.63, 3.8) is 0 Å². The maximum Gasteiger partial charge on any atom is 0.508 e. The van der Waals surface area contributed by atoms with Gasteiger partial charge in [0.25, 0.3) is 0 Å². The van der Waals surface area contributed by atoms with Crippen LogP contribution in [-0.4, -0.2) is 33.8 Å². The van der Waals surface area contributed by atoms with Crippen molar-refractivity contribution in [3.8, 4) is 0 Å². The normalized spacial score (nSPS) is 16.5. The molecule has 2 unspecified atom stereocenters. The van der Waals surface area contributed by atoms with Crippen LogP contribution in [0.4, 0.5) is 4.79 Å². The van der Waals surface area contributed by atoms with E-state index in [1.165, 1.54) is 0 Å². The van der Waals surface area contributed by atoms with Gasteiger partial charge in [0.1, 0.15) is 0 Å². The Kier molecular flexibility index (Phi) is 5.26. The predicted octanol–water partition coefficient (Wildman–Crippen LogP) is 3.67. The highest BCUT2D eigenvalue weighted by molar-refractivity contribution is 6.77. The third kappa shape index (κ3) is 5.70. The number of rotatable bonds is 4. The molecule has 0 heterocycles. The van der Waals surface area contributed by atoms with Crippen LogP contribution in [-0.2, 0) is 9.47 Å². The molecule has 0 aromatic rings. The maximum absolute atomic E-state index is 11.6. The molecule has 16 heavy (non-hydrogen) atoms. The zero-order chi connectivity index (χ0) is 13.1. The van der Waals surface area contributed by atoms with E-state index in [1.54, 1.807) is 0 Å². The highest BCUT2D eigenvalue weighted by atomic mass is 28.3. The Bertz CT molecular complexity index is 217. The largest absolute Gasteiger partial charge is 0.508 e. The Labute approximate surface area is 102 Å². The molecule has 0 rings (SSSR count). The van der Waals surface area contributed by atoms with Gasteiger partial charge in [0.15, 0.2) is 0 Å². The van der Waals surface area contributed by atoms with E-state index in [2.05, 4.69) is 39.3 Å². The topological polar surface area (TPSA) is 35.5 Å². The fraction of sp³-hybridized carbons (Fsp3) is 0.909. The minimum Gasteiger partial charge on any atom is -0.435 e. The van der Waals surface area contributed by atoms with Crippen molar-refractivity contribution in [1.82, 2.24) is 0 Å². The van der Waals surface area contributed by atoms with Crippen LogP contribution >= 0.6 is 0 Å². The van der Waals surface area contributed by atoms with Gasteiger partial charge in [-0.15, -0.1) is 0 Å². The van der Waals surface area contributed by atoms with Gasteiger partial charge >= 0.3 is 6.16 Å². The molecule has 0 bridgehead atoms. The second-order valence-corrected chi connectivity index (χ2v) is 17.6. The Morgan fingerprint density at radius 1 is 0.812 bits per heavy atom. The van der Waals surface area contributed by atoms with Crippen molar-refractivity contribution >= 4 is 22.3 Å². The molecule has 0 aliphatic rings. The summed E-state index contributed by atoms with van der Waals surface area (Å²) in [5.41, 5.74) is -0.0114. The van der Waals surface area contributed by atoms with Crippen molar-refractivity contribution in [3.05, 3.63) is 0 Å². The van der Waals surface area contributed by atoms with E-state index < -0.39 is 22.3 Å². The number of carbonyl (C=O) groups is 1. The van der Waals surface area contributed by atoms with E-state index in [1.807, 2.05) is 13.8 Å². The van der Waals surface area contributed by atoms with Crippen LogP contribution in [0.1, 0.15) is 13.8 Å². The predicted molar refractivity (Wildman–Crippen MR) is 73.2 cm³/mol. The number of ether oxygens (including phenoxy) is 2. The van der Waals surface area contributed by atoms with Gasteiger partial charge in [-0.2, -0.15) is 0 Å². The molecule has 0 N–H and O–H groups in total. The van der Waals surface area contributed by atoms with Gasteiger partial charge in [-0.3, -0.25) is 0 Å². The molecular weight excluding hydrogens is 236 g/mol. The lowest BCUT2D eigenvalue weighted by molar-refractivity contribution is 0.0391. The molecule has 0 saturated heterocycles. The standard InChI is InChI=1S/C11H26O3Si2/c1-9(15(3,4)5)13-11(12)14-10(2)16(6,7)8/h9-10H,1-8H3. The minimum atomic E-state index is -1.43. The third-order valence-corrected chi connectivity index (χ3v) is 8.10. The van der Waals surface area contributed by atoms with Crippen LogP contribution in [0.2, 0.25) is 39.3 Å². The molecule has 0 fully saturated rings. The van der Waals surface area contributed by atoms with E-state index in [-0.39, 0.29) is 11.5 Å². The van der Waals surface area contributed by atoms with Crippen molar-refractivity contribution in [2.24, 2.45) is 0 Å². The molecule has 0 aliphatic carbocycles. The number of hydrogen-bond donors (Lipinski definition) is 0. The summed E-state index contributed by atoms with van der Waals surface area (Å²) in [7, 11) is -2.86. The molecule has 0 aliphatic heterocycles. The molecule has 0 spiro atoms. The molecular formula is C11H26O3Si2. The lowest BCUT2D eigenvalue weighted by Crippen LogP contribution is -2.43. The first-order chi connectivity index (χ1) is 6.94. The van der Waals surface area contributed by atoms with Gasteiger partial charge in [0.2, 0.25) is 0 Å². The summed E-state index contributed by atoms with van der Waals surface area (Å²) in [6, 6.07) is 0. The smallest absolute Gasteiger partial charge is 0.435 e. The van der Waals surface area contributed by atoms with Crippen molar-refractivity contribution in [2.45, 2.75) is 64.6 Å². The van der Waals surface area contributed by atoms with Gasteiger partial charge in [0.05, 0.1) is 27.6 Å². The van der Waals surface area contributed by atoms with E-state index in [4.69, 9.17) is 9.47 Å². The second-order valence-electron chi connectivity index (χ2n) is 6.50. The molecule has 3 nitrogen and oxygen atoms in total. The quantitative estimate of drug-likeness (QED) is 0.573. The lowest BCUT2D eigenvalue weighted by Gasteiger charge is -2.28. The fourth-order valence-corrected chi connectivity index (χ4v) is 1.57. The Hall–Kier alpha value is -0.296. The summed E-state index contributed by atoms with van der Waals surface area (Å²) in [5, 5.41) is 0. The summed E-state index contributed by atoms with van der Waals surface area (Å²) in [4.78, 5) is 11.6. The maximum atomic E-state index is 11.6. The summed E-state index contributed by atoms with van der Waals surface area (Å²) < 4.78 is 10.6. The van der Waals surface area contributed by atoms with Gasteiger partial charge in [-0.25, -0.2) is 4.79 Å². The summed E-state index contributed by atoms with van der Waals surface area (Å²) in [6.45, 7) is 16.9. The number of carbonyl (C=O) groups excluding carboxylic acids is 1. The minimum absolute atomic E-state index is 0.00571. The Morgan fingerprint density at radius 2 is 1.06 bits per heavy atom. The van der Waals surface area contributed by atoms with Gasteiger partial charge in [-0.05, 0) is 13.8 Å². The van der Waals surface area contributed by atoms with E-state index in [0.29, 0.717) is 0 Å². The van der Waals surface area contributed by atoms with Gasteiger partial charge in [-0.1, -0.05) is 39.3 Å². The molecule has 5 heteroatoms. The highest BCUT2D eigenvalue weighted by Crippen LogP contribution is 2.15. The van der Waals surface area contributed by atoms with Crippen LogP contribution in [0.3, 0.4) is 0 Å². The first-order valence-corrected chi connectivity index (χ1v) is 13.0. The van der Waals surface area contributed by atoms with Gasteiger partial charge in [0, 0.05) is 0 Å². The van der Waals surface area contributed by atoms with Crippen LogP contribution in [0.5, 0.6) is 0 Å². The molecule has 0 aromatic carbocycles. The summed E-state index contributed by atoms with van der Waals surface area (Å²) in [6.07, 6.45) is -0.509. The highest BCUT2D eigenvalue weighted by Gasteiger charge is 2.30. The number of hydrogen-bond acceptors (Lipinski definition) is 3. The molecule has 0 aromatic heterocycles. The van der Waals surface area contributed by atoms with E-state index >= 15 is 0 Å². The monoisotopic (exact) mass is 262 g/mol. The first-order valence-electron chi connectivity index (χ1n) is 5.82. The molecule has 0 radical (unpaired) electrons. The summed E-state index contributed by atoms with van der Waals surface area (Å²) in [5.74, 6) is 0. The SMILES string of the molecule is CC(OC(=O)OC(C)[Si](C)(C)C)[Si](C)(C)C. The van der Waals surface area contributed by atoms with Gasteiger partial charge < -0.3 is 9.47 Å². The third-order valence-electron chi connectivity index (χ3n) is 2.99. The van der Waals surface area contributed by atoms with Crippen LogP contribution < -0.4 is 0 Å². The molecule has 96 valence electrons. The molecule has 0 amide bonds. The van der Waals surface area contributed by atoms with Crippen molar-refractivity contribution in [2.75, 3.05) is 0 Å². The van der Waals surface area contributed by atoms with Crippen LogP contribution in [0, 0.1) is 0 Å². The zero-order valence-electron chi connectivity index (χ0n) is 11.9. The fourth-order valence-electron chi connectivity index (χ4n) is 0.670. The molecule has 0 saturated carbocycles. The van der Waals surface area contributed by atoms with Crippen LogP contribution in [0.15, 0.2) is 0 Å². The van der Waals surface area contributed by atoms with E-state index in [9.17, 15) is 4.79 Å². The first kappa shape index (κ1) is 15.7. The Morgan fingerprint density at radius 3 is 1.25 bits per heavy atom. The second kappa shape index (κ2) is 5.36. The molecule has 2 atom stereocenters. The van der Waals surface area contributed by atoms with Crippen LogP contribution in [0.25, 0.3) is 0 Å². The Balaban J connectivity index is 4.21. The van der Waals surface area contributed by atoms with Crippen molar-refractivity contribution < 1.29 is 14.3 Å². The summed E-state index contributed by atoms with van der Waals surface area (Å²) >= 11 is 0. The average molecular weight is 262 g/mol. The van der Waals surface area contributed by atoms with E-state index in [0.717, 1.165) is 0 Å². The lowest BCUT2D eigenvalue weighted by atomic mass is 10.8. The average Bonchev–Trinajstić information content (AvgIpc) is 1.99.